The smallest absolute Gasteiger partial charge is 0.0519 e. The second-order valence-electron chi connectivity index (χ2n) is 3.89. The molecule has 0 aromatic rings. The number of hydrogen-bond donors (Lipinski definition) is 0. The third-order valence-electron chi connectivity index (χ3n) is 2.39. The first-order chi connectivity index (χ1) is 6.29. The molecule has 80 valence electrons. The molecule has 1 heteroatoms. The van der Waals surface area contributed by atoms with Gasteiger partial charge in [-0.25, -0.2) is 0 Å². The maximum absolute atomic E-state index is 5.58. The molecule has 0 bridgehead atoms. The Bertz CT molecular complexity index is 93.3. The molecule has 1 saturated carbocycles. The molecule has 0 aliphatic heterocycles. The average Bonchev–Trinajstić information content (AvgIpc) is 2.19. The molecule has 0 heterocycles. The molecule has 0 amide bonds. The van der Waals surface area contributed by atoms with Crippen LogP contribution in [0.1, 0.15) is 59.8 Å². The quantitative estimate of drug-likeness (QED) is 0.647. The van der Waals surface area contributed by atoms with Crippen LogP contribution in [0.3, 0.4) is 0 Å². The predicted octanol–water partition coefficient (Wildman–Crippen LogP) is 4.02. The van der Waals surface area contributed by atoms with Crippen molar-refractivity contribution in [3.63, 3.8) is 0 Å². The molecule has 0 unspecified atom stereocenters. The van der Waals surface area contributed by atoms with E-state index in [1.54, 1.807) is 0 Å². The third kappa shape index (κ3) is 7.06. The molecule has 1 aliphatic rings. The van der Waals surface area contributed by atoms with Crippen LogP contribution < -0.4 is 0 Å². The zero-order valence-corrected chi connectivity index (χ0v) is 9.81. The Morgan fingerprint density at radius 3 is 2.08 bits per heavy atom. The minimum Gasteiger partial charge on any atom is -0.379 e. The van der Waals surface area contributed by atoms with Crippen molar-refractivity contribution in [3.05, 3.63) is 0 Å². The highest BCUT2D eigenvalue weighted by atomic mass is 16.5. The van der Waals surface area contributed by atoms with Gasteiger partial charge < -0.3 is 4.74 Å². The van der Waals surface area contributed by atoms with Gasteiger partial charge in [0.2, 0.25) is 0 Å². The van der Waals surface area contributed by atoms with Crippen LogP contribution in [-0.2, 0) is 4.74 Å². The second kappa shape index (κ2) is 8.55. The van der Waals surface area contributed by atoms with E-state index in [1.807, 2.05) is 13.8 Å². The number of rotatable bonds is 3. The summed E-state index contributed by atoms with van der Waals surface area (Å²) in [5.41, 5.74) is 0. The third-order valence-corrected chi connectivity index (χ3v) is 2.39. The molecule has 0 saturated heterocycles. The second-order valence-corrected chi connectivity index (χ2v) is 3.89. The van der Waals surface area contributed by atoms with Gasteiger partial charge in [0.25, 0.3) is 0 Å². The van der Waals surface area contributed by atoms with Crippen LogP contribution >= 0.6 is 0 Å². The van der Waals surface area contributed by atoms with Gasteiger partial charge in [-0.15, -0.1) is 0 Å². The van der Waals surface area contributed by atoms with Gasteiger partial charge in [-0.3, -0.25) is 0 Å². The van der Waals surface area contributed by atoms with Crippen LogP contribution in [0.15, 0.2) is 0 Å². The fourth-order valence-corrected chi connectivity index (χ4v) is 1.68. The lowest BCUT2D eigenvalue weighted by Gasteiger charge is -2.22. The standard InChI is InChI=1S/C10H20O.C2H6/c1-9(2)11-8-10-6-4-3-5-7-10;1-2/h9-10H,3-8H2,1-2H3;1-2H3. The van der Waals surface area contributed by atoms with Crippen molar-refractivity contribution < 1.29 is 4.74 Å². The summed E-state index contributed by atoms with van der Waals surface area (Å²) >= 11 is 0. The van der Waals surface area contributed by atoms with E-state index in [4.69, 9.17) is 4.74 Å². The van der Waals surface area contributed by atoms with Crippen molar-refractivity contribution in [2.75, 3.05) is 6.61 Å². The van der Waals surface area contributed by atoms with Crippen LogP contribution in [-0.4, -0.2) is 12.7 Å². The van der Waals surface area contributed by atoms with Gasteiger partial charge in [0.05, 0.1) is 6.10 Å². The molecule has 0 aromatic carbocycles. The lowest BCUT2D eigenvalue weighted by Crippen LogP contribution is -2.16. The highest BCUT2D eigenvalue weighted by Crippen LogP contribution is 2.23. The van der Waals surface area contributed by atoms with E-state index >= 15 is 0 Å². The molecule has 0 atom stereocenters. The fraction of sp³-hybridized carbons (Fsp3) is 1.00. The van der Waals surface area contributed by atoms with E-state index in [-0.39, 0.29) is 0 Å². The Hall–Kier alpha value is -0.0400. The summed E-state index contributed by atoms with van der Waals surface area (Å²) in [6.45, 7) is 9.23. The minimum atomic E-state index is 0.414. The van der Waals surface area contributed by atoms with Crippen LogP contribution in [0.5, 0.6) is 0 Å². The molecule has 0 radical (unpaired) electrons. The molecule has 13 heavy (non-hydrogen) atoms. The molecular formula is C12H26O. The number of ether oxygens (including phenoxy) is 1. The van der Waals surface area contributed by atoms with Gasteiger partial charge in [-0.1, -0.05) is 33.1 Å². The van der Waals surface area contributed by atoms with E-state index < -0.39 is 0 Å². The van der Waals surface area contributed by atoms with Crippen molar-refractivity contribution in [2.45, 2.75) is 65.9 Å². The Kier molecular flexibility index (Phi) is 8.53. The van der Waals surface area contributed by atoms with E-state index in [9.17, 15) is 0 Å². The maximum atomic E-state index is 5.58. The summed E-state index contributed by atoms with van der Waals surface area (Å²) in [7, 11) is 0. The van der Waals surface area contributed by atoms with Crippen molar-refractivity contribution in [1.82, 2.24) is 0 Å². The predicted molar refractivity (Wildman–Crippen MR) is 59.0 cm³/mol. The highest BCUT2D eigenvalue weighted by Gasteiger charge is 2.13. The average molecular weight is 186 g/mol. The highest BCUT2D eigenvalue weighted by molar-refractivity contribution is 4.64. The molecule has 1 rings (SSSR count). The molecule has 0 spiro atoms. The van der Waals surface area contributed by atoms with Crippen LogP contribution in [0.4, 0.5) is 0 Å². The van der Waals surface area contributed by atoms with Crippen molar-refractivity contribution >= 4 is 0 Å². The summed E-state index contributed by atoms with van der Waals surface area (Å²) in [5.74, 6) is 0.867. The van der Waals surface area contributed by atoms with Gasteiger partial charge in [0, 0.05) is 6.61 Å². The van der Waals surface area contributed by atoms with Gasteiger partial charge >= 0.3 is 0 Å². The molecule has 1 aliphatic carbocycles. The van der Waals surface area contributed by atoms with Gasteiger partial charge in [-0.05, 0) is 32.6 Å². The Balaban J connectivity index is 0.000000671. The van der Waals surface area contributed by atoms with Gasteiger partial charge in [0.15, 0.2) is 0 Å². The van der Waals surface area contributed by atoms with Crippen molar-refractivity contribution in [3.8, 4) is 0 Å². The first-order valence-electron chi connectivity index (χ1n) is 5.90. The SMILES string of the molecule is CC.CC(C)OCC1CCCCC1. The van der Waals surface area contributed by atoms with Crippen LogP contribution in [0.2, 0.25) is 0 Å². The summed E-state index contributed by atoms with van der Waals surface area (Å²) in [6, 6.07) is 0. The zero-order chi connectivity index (χ0) is 10.1. The largest absolute Gasteiger partial charge is 0.379 e. The van der Waals surface area contributed by atoms with Gasteiger partial charge in [0.1, 0.15) is 0 Å². The van der Waals surface area contributed by atoms with Crippen molar-refractivity contribution in [2.24, 2.45) is 5.92 Å². The summed E-state index contributed by atoms with van der Waals surface area (Å²) in [6.07, 6.45) is 7.49. The summed E-state index contributed by atoms with van der Waals surface area (Å²) in [5, 5.41) is 0. The fourth-order valence-electron chi connectivity index (χ4n) is 1.68. The maximum Gasteiger partial charge on any atom is 0.0519 e. The zero-order valence-electron chi connectivity index (χ0n) is 9.81. The molecule has 1 fully saturated rings. The van der Waals surface area contributed by atoms with Crippen LogP contribution in [0, 0.1) is 5.92 Å². The first-order valence-corrected chi connectivity index (χ1v) is 5.90. The lowest BCUT2D eigenvalue weighted by molar-refractivity contribution is 0.0413. The van der Waals surface area contributed by atoms with Gasteiger partial charge in [-0.2, -0.15) is 0 Å². The van der Waals surface area contributed by atoms with E-state index in [0.717, 1.165) is 12.5 Å². The van der Waals surface area contributed by atoms with E-state index in [0.29, 0.717) is 6.10 Å². The number of hydrogen-bond acceptors (Lipinski definition) is 1. The van der Waals surface area contributed by atoms with Crippen molar-refractivity contribution in [1.29, 1.82) is 0 Å². The Morgan fingerprint density at radius 2 is 1.62 bits per heavy atom. The molecule has 0 N–H and O–H groups in total. The van der Waals surface area contributed by atoms with E-state index in [1.165, 1.54) is 32.1 Å². The lowest BCUT2D eigenvalue weighted by atomic mass is 9.90. The Labute approximate surface area is 83.9 Å². The van der Waals surface area contributed by atoms with E-state index in [2.05, 4.69) is 13.8 Å². The minimum absolute atomic E-state index is 0.414. The molecule has 0 aromatic heterocycles. The summed E-state index contributed by atoms with van der Waals surface area (Å²) < 4.78 is 5.58. The molecular weight excluding hydrogens is 160 g/mol. The topological polar surface area (TPSA) is 9.23 Å². The summed E-state index contributed by atoms with van der Waals surface area (Å²) in [4.78, 5) is 0. The Morgan fingerprint density at radius 1 is 1.08 bits per heavy atom. The normalized spacial score (nSPS) is 18.2. The molecule has 1 nitrogen and oxygen atoms in total. The first kappa shape index (κ1) is 13.0. The van der Waals surface area contributed by atoms with Crippen LogP contribution in [0.25, 0.3) is 0 Å². The monoisotopic (exact) mass is 186 g/mol.